The van der Waals surface area contributed by atoms with Crippen molar-refractivity contribution in [2.75, 3.05) is 13.2 Å². The number of rotatable bonds is 5. The van der Waals surface area contributed by atoms with E-state index in [1.54, 1.807) is 6.92 Å². The van der Waals surface area contributed by atoms with Gasteiger partial charge in [0, 0.05) is 12.2 Å². The summed E-state index contributed by atoms with van der Waals surface area (Å²) in [5.74, 6) is 0. The number of carbonyl (C=O) groups is 1. The topological polar surface area (TPSA) is 35.5 Å². The van der Waals surface area contributed by atoms with E-state index in [0.717, 1.165) is 6.42 Å². The van der Waals surface area contributed by atoms with Gasteiger partial charge in [-0.3, -0.25) is 4.79 Å². The number of hydrogen-bond donors (Lipinski definition) is 0. The molecule has 2 atom stereocenters. The fourth-order valence-electron chi connectivity index (χ4n) is 1.99. The third-order valence-electron chi connectivity index (χ3n) is 2.79. The van der Waals surface area contributed by atoms with Crippen LogP contribution in [0, 0.1) is 0 Å². The highest BCUT2D eigenvalue weighted by Crippen LogP contribution is 2.25. The second-order valence-corrected chi connectivity index (χ2v) is 5.90. The Morgan fingerprint density at radius 3 is 2.94 bits per heavy atom. The first-order chi connectivity index (χ1) is 8.74. The summed E-state index contributed by atoms with van der Waals surface area (Å²) in [6, 6.07) is 10.1. The zero-order valence-corrected chi connectivity index (χ0v) is 11.3. The molecule has 0 amide bonds. The summed E-state index contributed by atoms with van der Waals surface area (Å²) in [6.45, 7) is 3.47. The van der Waals surface area contributed by atoms with Crippen molar-refractivity contribution in [1.29, 1.82) is 0 Å². The van der Waals surface area contributed by atoms with E-state index in [1.165, 1.54) is 17.3 Å². The molecule has 4 heteroatoms. The van der Waals surface area contributed by atoms with Gasteiger partial charge in [0.2, 0.25) is 0 Å². The predicted molar refractivity (Wildman–Crippen MR) is 72.5 cm³/mol. The lowest BCUT2D eigenvalue weighted by atomic mass is 10.2. The minimum Gasteiger partial charge on any atom is -0.375 e. The molecule has 98 valence electrons. The Morgan fingerprint density at radius 2 is 2.22 bits per heavy atom. The summed E-state index contributed by atoms with van der Waals surface area (Å²) in [6.07, 6.45) is 1.03. The van der Waals surface area contributed by atoms with E-state index in [0.29, 0.717) is 25.1 Å². The maximum Gasteiger partial charge on any atom is 0.186 e. The van der Waals surface area contributed by atoms with Gasteiger partial charge < -0.3 is 9.47 Å². The van der Waals surface area contributed by atoms with E-state index in [2.05, 4.69) is 0 Å². The van der Waals surface area contributed by atoms with Gasteiger partial charge >= 0.3 is 0 Å². The van der Waals surface area contributed by atoms with Crippen molar-refractivity contribution in [1.82, 2.24) is 0 Å². The number of carbonyl (C=O) groups excluding carboxylic acids is 1. The van der Waals surface area contributed by atoms with Gasteiger partial charge in [-0.2, -0.15) is 0 Å². The molecule has 0 radical (unpaired) electrons. The Hall–Kier alpha value is -0.840. The summed E-state index contributed by atoms with van der Waals surface area (Å²) in [7, 11) is 0. The Kier molecular flexibility index (Phi) is 5.23. The molecule has 0 bridgehead atoms. The summed E-state index contributed by atoms with van der Waals surface area (Å²) in [5, 5.41) is 0.460. The van der Waals surface area contributed by atoms with Crippen LogP contribution in [0.3, 0.4) is 0 Å². The van der Waals surface area contributed by atoms with Gasteiger partial charge in [-0.1, -0.05) is 42.1 Å². The average molecular weight is 266 g/mol. The summed E-state index contributed by atoms with van der Waals surface area (Å²) in [4.78, 5) is 11.0. The van der Waals surface area contributed by atoms with Crippen LogP contribution in [0.1, 0.15) is 18.9 Å². The molecule has 18 heavy (non-hydrogen) atoms. The molecule has 1 aliphatic heterocycles. The molecule has 1 aromatic carbocycles. The van der Waals surface area contributed by atoms with Gasteiger partial charge in [0.25, 0.3) is 0 Å². The van der Waals surface area contributed by atoms with Crippen molar-refractivity contribution in [3.8, 4) is 0 Å². The van der Waals surface area contributed by atoms with E-state index >= 15 is 0 Å². The predicted octanol–water partition coefficient (Wildman–Crippen LogP) is 2.64. The Morgan fingerprint density at radius 1 is 1.44 bits per heavy atom. The number of hydrogen-bond acceptors (Lipinski definition) is 4. The zero-order chi connectivity index (χ0) is 12.8. The highest BCUT2D eigenvalue weighted by atomic mass is 32.2. The number of ether oxygens (including phenoxy) is 2. The van der Waals surface area contributed by atoms with Crippen LogP contribution < -0.4 is 0 Å². The van der Waals surface area contributed by atoms with Crippen LogP contribution >= 0.6 is 11.8 Å². The molecule has 0 spiro atoms. The van der Waals surface area contributed by atoms with E-state index in [-0.39, 0.29) is 11.2 Å². The largest absolute Gasteiger partial charge is 0.375 e. The third kappa shape index (κ3) is 4.44. The highest BCUT2D eigenvalue weighted by Gasteiger charge is 2.26. The van der Waals surface area contributed by atoms with Crippen molar-refractivity contribution < 1.29 is 14.3 Å². The van der Waals surface area contributed by atoms with Crippen LogP contribution in [-0.4, -0.2) is 29.7 Å². The summed E-state index contributed by atoms with van der Waals surface area (Å²) in [5.41, 5.74) is 1.17. The van der Waals surface area contributed by atoms with Crippen LogP contribution in [-0.2, 0) is 20.9 Å². The number of thioether (sulfide) groups is 1. The minimum atomic E-state index is 0.130. The first-order valence-corrected chi connectivity index (χ1v) is 7.02. The van der Waals surface area contributed by atoms with Crippen molar-refractivity contribution in [3.05, 3.63) is 35.9 Å². The molecule has 1 saturated heterocycles. The lowest BCUT2D eigenvalue weighted by Gasteiger charge is -2.10. The highest BCUT2D eigenvalue weighted by molar-refractivity contribution is 8.14. The SMILES string of the molecule is CC(=O)S[C@H]1CO[C@@H](COCc2ccccc2)C1. The van der Waals surface area contributed by atoms with Gasteiger partial charge in [-0.05, 0) is 12.0 Å². The molecule has 1 aromatic rings. The molecule has 0 saturated carbocycles. The van der Waals surface area contributed by atoms with Crippen LogP contribution in [0.5, 0.6) is 0 Å². The number of benzene rings is 1. The molecule has 0 aliphatic carbocycles. The molecule has 3 nitrogen and oxygen atoms in total. The first-order valence-electron chi connectivity index (χ1n) is 6.14. The second-order valence-electron chi connectivity index (χ2n) is 4.42. The van der Waals surface area contributed by atoms with E-state index in [9.17, 15) is 4.79 Å². The maximum absolute atomic E-state index is 11.0. The Labute approximate surface area is 112 Å². The quantitative estimate of drug-likeness (QED) is 0.821. The molecule has 1 aliphatic rings. The molecular weight excluding hydrogens is 248 g/mol. The normalized spacial score (nSPS) is 23.2. The van der Waals surface area contributed by atoms with Gasteiger partial charge in [-0.15, -0.1) is 0 Å². The standard InChI is InChI=1S/C14H18O3S/c1-11(15)18-14-7-13(17-10-14)9-16-8-12-5-3-2-4-6-12/h2-6,13-14H,7-10H2,1H3/t13-,14-/m1/s1. The van der Waals surface area contributed by atoms with E-state index in [4.69, 9.17) is 9.47 Å². The van der Waals surface area contributed by atoms with Gasteiger partial charge in [0.1, 0.15) is 0 Å². The molecule has 1 fully saturated rings. The van der Waals surface area contributed by atoms with Gasteiger partial charge in [0.15, 0.2) is 5.12 Å². The summed E-state index contributed by atoms with van der Waals surface area (Å²) < 4.78 is 11.2. The van der Waals surface area contributed by atoms with Gasteiger partial charge in [0.05, 0.1) is 25.9 Å². The minimum absolute atomic E-state index is 0.130. The first kappa shape index (κ1) is 13.6. The molecule has 0 aromatic heterocycles. The zero-order valence-electron chi connectivity index (χ0n) is 10.5. The summed E-state index contributed by atoms with van der Waals surface area (Å²) >= 11 is 1.38. The molecular formula is C14H18O3S. The van der Waals surface area contributed by atoms with Crippen molar-refractivity contribution in [3.63, 3.8) is 0 Å². The third-order valence-corrected chi connectivity index (χ3v) is 3.79. The maximum atomic E-state index is 11.0. The average Bonchev–Trinajstić information content (AvgIpc) is 2.77. The van der Waals surface area contributed by atoms with Crippen LogP contribution in [0.25, 0.3) is 0 Å². The van der Waals surface area contributed by atoms with Crippen LogP contribution in [0.15, 0.2) is 30.3 Å². The molecule has 0 unspecified atom stereocenters. The Balaban J connectivity index is 1.65. The molecule has 2 rings (SSSR count). The van der Waals surface area contributed by atoms with E-state index in [1.807, 2.05) is 30.3 Å². The molecule has 0 N–H and O–H groups in total. The van der Waals surface area contributed by atoms with E-state index < -0.39 is 0 Å². The monoisotopic (exact) mass is 266 g/mol. The lowest BCUT2D eigenvalue weighted by molar-refractivity contribution is -0.109. The van der Waals surface area contributed by atoms with Crippen LogP contribution in [0.4, 0.5) is 0 Å². The van der Waals surface area contributed by atoms with Crippen molar-refractivity contribution >= 4 is 16.9 Å². The fourth-order valence-corrected chi connectivity index (χ4v) is 2.92. The Bertz CT molecular complexity index is 380. The molecule has 1 heterocycles. The smallest absolute Gasteiger partial charge is 0.186 e. The fraction of sp³-hybridized carbons (Fsp3) is 0.500. The van der Waals surface area contributed by atoms with Gasteiger partial charge in [-0.25, -0.2) is 0 Å². The van der Waals surface area contributed by atoms with Crippen LogP contribution in [0.2, 0.25) is 0 Å². The van der Waals surface area contributed by atoms with Crippen molar-refractivity contribution in [2.45, 2.75) is 31.3 Å². The van der Waals surface area contributed by atoms with Crippen molar-refractivity contribution in [2.24, 2.45) is 0 Å². The lowest BCUT2D eigenvalue weighted by Crippen LogP contribution is -2.14. The second kappa shape index (κ2) is 6.92.